The highest BCUT2D eigenvalue weighted by Gasteiger charge is 2.23. The summed E-state index contributed by atoms with van der Waals surface area (Å²) in [5.41, 5.74) is 2.70. The molecule has 0 bridgehead atoms. The Morgan fingerprint density at radius 3 is 2.72 bits per heavy atom. The number of morpholine rings is 1. The number of aromatic nitrogens is 3. The van der Waals surface area contributed by atoms with Gasteiger partial charge in [-0.15, -0.1) is 0 Å². The largest absolute Gasteiger partial charge is 0.379 e. The summed E-state index contributed by atoms with van der Waals surface area (Å²) >= 11 is 7.73. The van der Waals surface area contributed by atoms with E-state index in [-0.39, 0.29) is 18.0 Å². The molecule has 1 aromatic carbocycles. The van der Waals surface area contributed by atoms with Gasteiger partial charge in [0.2, 0.25) is 5.91 Å². The fourth-order valence-electron chi connectivity index (χ4n) is 3.62. The summed E-state index contributed by atoms with van der Waals surface area (Å²) in [6.45, 7) is 9.55. The van der Waals surface area contributed by atoms with E-state index in [1.54, 1.807) is 18.7 Å². The molecule has 8 nitrogen and oxygen atoms in total. The average molecular weight is 476 g/mol. The minimum atomic E-state index is -0.203. The van der Waals surface area contributed by atoms with E-state index in [1.165, 1.54) is 22.2 Å². The van der Waals surface area contributed by atoms with Gasteiger partial charge in [-0.2, -0.15) is 0 Å². The van der Waals surface area contributed by atoms with Crippen molar-refractivity contribution in [3.63, 3.8) is 0 Å². The van der Waals surface area contributed by atoms with Crippen molar-refractivity contribution in [2.75, 3.05) is 44.3 Å². The quantitative estimate of drug-likeness (QED) is 0.545. The first-order valence-corrected chi connectivity index (χ1v) is 11.7. The molecule has 32 heavy (non-hydrogen) atoms. The van der Waals surface area contributed by atoms with Gasteiger partial charge in [-0.25, -0.2) is 9.97 Å². The van der Waals surface area contributed by atoms with E-state index in [0.717, 1.165) is 28.9 Å². The molecule has 0 saturated carbocycles. The number of ether oxygens (including phenoxy) is 1. The Bertz CT molecular complexity index is 1200. The van der Waals surface area contributed by atoms with Crippen LogP contribution in [0.5, 0.6) is 0 Å². The van der Waals surface area contributed by atoms with Crippen LogP contribution in [-0.2, 0) is 16.1 Å². The topological polar surface area (TPSA) is 80.6 Å². The van der Waals surface area contributed by atoms with Crippen LogP contribution in [0, 0.1) is 20.8 Å². The van der Waals surface area contributed by atoms with Crippen molar-refractivity contribution in [3.8, 4) is 0 Å². The monoisotopic (exact) mass is 475 g/mol. The molecule has 170 valence electrons. The minimum Gasteiger partial charge on any atom is -0.379 e. The molecule has 0 unspecified atom stereocenters. The van der Waals surface area contributed by atoms with Gasteiger partial charge in [0.05, 0.1) is 29.8 Å². The number of amides is 1. The fraction of sp³-hybridized carbons (Fsp3) is 0.455. The highest BCUT2D eigenvalue weighted by Crippen LogP contribution is 2.33. The Morgan fingerprint density at radius 2 is 1.97 bits per heavy atom. The molecule has 0 radical (unpaired) electrons. The Balaban J connectivity index is 1.64. The molecular formula is C22H26ClN5O3S. The molecule has 10 heteroatoms. The van der Waals surface area contributed by atoms with Gasteiger partial charge in [-0.1, -0.05) is 22.9 Å². The van der Waals surface area contributed by atoms with Gasteiger partial charge in [-0.05, 0) is 38.5 Å². The maximum absolute atomic E-state index is 13.4. The summed E-state index contributed by atoms with van der Waals surface area (Å²) in [6, 6.07) is 3.77. The minimum absolute atomic E-state index is 0.0915. The molecular weight excluding hydrogens is 450 g/mol. The lowest BCUT2D eigenvalue weighted by Crippen LogP contribution is -2.44. The lowest BCUT2D eigenvalue weighted by molar-refractivity contribution is -0.119. The lowest BCUT2D eigenvalue weighted by Gasteiger charge is -2.29. The summed E-state index contributed by atoms with van der Waals surface area (Å²) in [5, 5.41) is 1.25. The van der Waals surface area contributed by atoms with Crippen LogP contribution in [-0.4, -0.2) is 64.7 Å². The molecule has 1 aliphatic heterocycles. The molecule has 1 aliphatic rings. The van der Waals surface area contributed by atoms with Gasteiger partial charge in [0.1, 0.15) is 6.54 Å². The van der Waals surface area contributed by atoms with Crippen molar-refractivity contribution in [2.24, 2.45) is 0 Å². The van der Waals surface area contributed by atoms with Crippen LogP contribution >= 0.6 is 22.9 Å². The van der Waals surface area contributed by atoms with Gasteiger partial charge in [0.15, 0.2) is 5.13 Å². The SMILES string of the molecule is Cc1ncn(CC(=O)N(CCN2CCOCC2)c2nc3c(C)c(Cl)ccc3s2)c(=O)c1C. The Hall–Kier alpha value is -2.33. The first-order chi connectivity index (χ1) is 15.3. The number of hydrogen-bond donors (Lipinski definition) is 0. The fourth-order valence-corrected chi connectivity index (χ4v) is 4.84. The van der Waals surface area contributed by atoms with Crippen molar-refractivity contribution < 1.29 is 9.53 Å². The van der Waals surface area contributed by atoms with E-state index in [1.807, 2.05) is 19.1 Å². The number of benzene rings is 1. The Morgan fingerprint density at radius 1 is 1.22 bits per heavy atom. The molecule has 0 N–H and O–H groups in total. The van der Waals surface area contributed by atoms with Gasteiger partial charge >= 0.3 is 0 Å². The third-order valence-electron chi connectivity index (χ3n) is 5.83. The number of aryl methyl sites for hydroxylation is 2. The van der Waals surface area contributed by atoms with Crippen molar-refractivity contribution in [2.45, 2.75) is 27.3 Å². The van der Waals surface area contributed by atoms with Crippen LogP contribution in [0.1, 0.15) is 16.8 Å². The third kappa shape index (κ3) is 4.71. The van der Waals surface area contributed by atoms with Crippen LogP contribution < -0.4 is 10.5 Å². The molecule has 4 rings (SSSR count). The molecule has 2 aromatic heterocycles. The lowest BCUT2D eigenvalue weighted by atomic mass is 10.2. The summed E-state index contributed by atoms with van der Waals surface area (Å²) in [4.78, 5) is 38.9. The van der Waals surface area contributed by atoms with Crippen molar-refractivity contribution in [3.05, 3.63) is 50.7 Å². The Kier molecular flexibility index (Phi) is 6.90. The summed E-state index contributed by atoms with van der Waals surface area (Å²) < 4.78 is 7.76. The molecule has 1 saturated heterocycles. The van der Waals surface area contributed by atoms with E-state index in [9.17, 15) is 9.59 Å². The standard InChI is InChI=1S/C22H26ClN5O3S/c1-14-16(3)24-13-27(21(14)30)12-19(29)28(7-6-26-8-10-31-11-9-26)22-25-20-15(2)17(23)4-5-18(20)32-22/h4-5,13H,6-12H2,1-3H3. The maximum atomic E-state index is 13.4. The van der Waals surface area contributed by atoms with Gasteiger partial charge in [-0.3, -0.25) is 24.0 Å². The molecule has 1 fully saturated rings. The van der Waals surface area contributed by atoms with E-state index in [2.05, 4.69) is 9.88 Å². The van der Waals surface area contributed by atoms with Gasteiger partial charge in [0.25, 0.3) is 5.56 Å². The van der Waals surface area contributed by atoms with E-state index >= 15 is 0 Å². The highest BCUT2D eigenvalue weighted by atomic mass is 35.5. The number of hydrogen-bond acceptors (Lipinski definition) is 7. The molecule has 1 amide bonds. The number of nitrogens with zero attached hydrogens (tertiary/aromatic N) is 5. The maximum Gasteiger partial charge on any atom is 0.256 e. The highest BCUT2D eigenvalue weighted by molar-refractivity contribution is 7.22. The molecule has 3 aromatic rings. The number of carbonyl (C=O) groups is 1. The number of halogens is 1. The van der Waals surface area contributed by atoms with Crippen molar-refractivity contribution in [1.82, 2.24) is 19.4 Å². The van der Waals surface area contributed by atoms with Crippen LogP contribution in [0.4, 0.5) is 5.13 Å². The van der Waals surface area contributed by atoms with Crippen molar-refractivity contribution in [1.29, 1.82) is 0 Å². The second kappa shape index (κ2) is 9.66. The summed E-state index contributed by atoms with van der Waals surface area (Å²) in [5.74, 6) is -0.201. The summed E-state index contributed by atoms with van der Waals surface area (Å²) in [6.07, 6.45) is 1.44. The molecule has 0 aliphatic carbocycles. The first kappa shape index (κ1) is 22.8. The zero-order valence-electron chi connectivity index (χ0n) is 18.4. The van der Waals surface area contributed by atoms with Gasteiger partial charge < -0.3 is 4.74 Å². The normalized spacial score (nSPS) is 14.8. The first-order valence-electron chi connectivity index (χ1n) is 10.5. The molecule has 0 atom stereocenters. The number of rotatable bonds is 6. The third-order valence-corrected chi connectivity index (χ3v) is 7.29. The van der Waals surface area contributed by atoms with Crippen LogP contribution in [0.25, 0.3) is 10.2 Å². The smallest absolute Gasteiger partial charge is 0.256 e. The zero-order chi connectivity index (χ0) is 22.8. The number of fused-ring (bicyclic) bond motifs is 1. The van der Waals surface area contributed by atoms with E-state index < -0.39 is 0 Å². The second-order valence-corrected chi connectivity index (χ2v) is 9.32. The second-order valence-electron chi connectivity index (χ2n) is 7.90. The van der Waals surface area contributed by atoms with Crippen molar-refractivity contribution >= 4 is 44.2 Å². The Labute approximate surface area is 195 Å². The number of thiazole rings is 1. The van der Waals surface area contributed by atoms with E-state index in [0.29, 0.717) is 47.7 Å². The zero-order valence-corrected chi connectivity index (χ0v) is 20.0. The van der Waals surface area contributed by atoms with E-state index in [4.69, 9.17) is 21.3 Å². The number of carbonyl (C=O) groups excluding carboxylic acids is 1. The van der Waals surface area contributed by atoms with Gasteiger partial charge in [0, 0.05) is 42.5 Å². The van der Waals surface area contributed by atoms with Crippen LogP contribution in [0.15, 0.2) is 23.3 Å². The number of anilines is 1. The predicted octanol–water partition coefficient (Wildman–Crippen LogP) is 2.80. The predicted molar refractivity (Wildman–Crippen MR) is 127 cm³/mol. The molecule has 3 heterocycles. The summed E-state index contributed by atoms with van der Waals surface area (Å²) in [7, 11) is 0. The average Bonchev–Trinajstić information content (AvgIpc) is 3.22. The molecule has 0 spiro atoms. The van der Waals surface area contributed by atoms with Crippen LogP contribution in [0.2, 0.25) is 5.02 Å². The van der Waals surface area contributed by atoms with Crippen LogP contribution in [0.3, 0.4) is 0 Å².